The van der Waals surface area contributed by atoms with Crippen molar-refractivity contribution in [2.45, 2.75) is 26.6 Å². The van der Waals surface area contributed by atoms with E-state index in [1.54, 1.807) is 18.2 Å². The van der Waals surface area contributed by atoms with Crippen LogP contribution in [0.25, 0.3) is 0 Å². The number of amides is 1. The molecule has 1 aromatic heterocycles. The summed E-state index contributed by atoms with van der Waals surface area (Å²) in [7, 11) is 0. The minimum absolute atomic E-state index is 0.136. The van der Waals surface area contributed by atoms with Crippen molar-refractivity contribution < 1.29 is 27.1 Å². The third-order valence-corrected chi connectivity index (χ3v) is 3.25. The molecule has 1 amide bonds. The maximum atomic E-state index is 12.9. The molecule has 0 atom stereocenters. The number of furan rings is 1. The van der Waals surface area contributed by atoms with Crippen molar-refractivity contribution in [2.75, 3.05) is 13.2 Å². The summed E-state index contributed by atoms with van der Waals surface area (Å²) in [6, 6.07) is 9.26. The van der Waals surface area contributed by atoms with E-state index in [9.17, 15) is 18.0 Å². The molecule has 0 spiro atoms. The Kier molecular flexibility index (Phi) is 6.12. The SMILES string of the molecule is CC(C)COc1cccc(C(=O)N(Cc2ccco2)CC(F)(F)F)c1. The van der Waals surface area contributed by atoms with Crippen LogP contribution in [0.4, 0.5) is 13.2 Å². The Bertz CT molecular complexity index is 681. The van der Waals surface area contributed by atoms with Gasteiger partial charge in [0.1, 0.15) is 18.1 Å². The number of rotatable bonds is 7. The highest BCUT2D eigenvalue weighted by Gasteiger charge is 2.33. The lowest BCUT2D eigenvalue weighted by atomic mass is 10.1. The molecule has 0 bridgehead atoms. The zero-order valence-corrected chi connectivity index (χ0v) is 14.0. The molecule has 1 heterocycles. The van der Waals surface area contributed by atoms with E-state index in [1.165, 1.54) is 24.5 Å². The first-order valence-corrected chi connectivity index (χ1v) is 7.86. The summed E-state index contributed by atoms with van der Waals surface area (Å²) in [6.07, 6.45) is -3.15. The molecular formula is C18H20F3NO3. The molecule has 2 aromatic rings. The molecule has 0 radical (unpaired) electrons. The summed E-state index contributed by atoms with van der Waals surface area (Å²) in [5, 5.41) is 0. The van der Waals surface area contributed by atoms with Crippen LogP contribution in [-0.4, -0.2) is 30.1 Å². The average Bonchev–Trinajstić information content (AvgIpc) is 3.03. The van der Waals surface area contributed by atoms with Gasteiger partial charge in [-0.15, -0.1) is 0 Å². The molecule has 25 heavy (non-hydrogen) atoms. The number of nitrogens with zero attached hydrogens (tertiary/aromatic N) is 1. The van der Waals surface area contributed by atoms with Crippen LogP contribution in [0.15, 0.2) is 47.1 Å². The maximum absolute atomic E-state index is 12.9. The Balaban J connectivity index is 2.18. The topological polar surface area (TPSA) is 42.7 Å². The van der Waals surface area contributed by atoms with Crippen LogP contribution in [0.2, 0.25) is 0 Å². The molecule has 0 aliphatic carbocycles. The maximum Gasteiger partial charge on any atom is 0.406 e. The van der Waals surface area contributed by atoms with Crippen molar-refractivity contribution in [3.63, 3.8) is 0 Å². The van der Waals surface area contributed by atoms with Gasteiger partial charge < -0.3 is 14.1 Å². The second-order valence-corrected chi connectivity index (χ2v) is 6.09. The second-order valence-electron chi connectivity index (χ2n) is 6.09. The fraction of sp³-hybridized carbons (Fsp3) is 0.389. The number of ether oxygens (including phenoxy) is 1. The number of hydrogen-bond donors (Lipinski definition) is 0. The first kappa shape index (κ1) is 18.9. The van der Waals surface area contributed by atoms with Crippen molar-refractivity contribution in [3.8, 4) is 5.75 Å². The first-order chi connectivity index (χ1) is 11.7. The summed E-state index contributed by atoms with van der Waals surface area (Å²) in [4.78, 5) is 13.3. The standard InChI is InChI=1S/C18H20F3NO3/c1-13(2)11-25-15-6-3-5-14(9-15)17(23)22(12-18(19,20)21)10-16-7-4-8-24-16/h3-9,13H,10-12H2,1-2H3. The molecule has 4 nitrogen and oxygen atoms in total. The molecule has 0 fully saturated rings. The average molecular weight is 355 g/mol. The fourth-order valence-corrected chi connectivity index (χ4v) is 2.17. The van der Waals surface area contributed by atoms with Crippen molar-refractivity contribution >= 4 is 5.91 Å². The van der Waals surface area contributed by atoms with E-state index in [-0.39, 0.29) is 17.9 Å². The quantitative estimate of drug-likeness (QED) is 0.733. The van der Waals surface area contributed by atoms with Crippen molar-refractivity contribution in [1.82, 2.24) is 4.90 Å². The molecule has 7 heteroatoms. The van der Waals surface area contributed by atoms with Gasteiger partial charge in [-0.1, -0.05) is 19.9 Å². The Morgan fingerprint density at radius 1 is 1.24 bits per heavy atom. The van der Waals surface area contributed by atoms with Crippen LogP contribution < -0.4 is 4.74 Å². The van der Waals surface area contributed by atoms with Gasteiger partial charge in [0.15, 0.2) is 0 Å². The van der Waals surface area contributed by atoms with Crippen LogP contribution >= 0.6 is 0 Å². The predicted molar refractivity (Wildman–Crippen MR) is 86.3 cm³/mol. The van der Waals surface area contributed by atoms with Crippen molar-refractivity contribution in [1.29, 1.82) is 0 Å². The molecule has 0 N–H and O–H groups in total. The molecule has 2 rings (SSSR count). The molecule has 0 saturated heterocycles. The van der Waals surface area contributed by atoms with E-state index in [0.717, 1.165) is 0 Å². The largest absolute Gasteiger partial charge is 0.493 e. The van der Waals surface area contributed by atoms with Gasteiger partial charge >= 0.3 is 6.18 Å². The van der Waals surface area contributed by atoms with Gasteiger partial charge in [0.05, 0.1) is 19.4 Å². The van der Waals surface area contributed by atoms with Gasteiger partial charge in [-0.3, -0.25) is 4.79 Å². The zero-order valence-electron chi connectivity index (χ0n) is 14.0. The van der Waals surface area contributed by atoms with E-state index in [1.807, 2.05) is 13.8 Å². The van der Waals surface area contributed by atoms with E-state index < -0.39 is 18.6 Å². The number of benzene rings is 1. The number of carbonyl (C=O) groups excluding carboxylic acids is 1. The monoisotopic (exact) mass is 355 g/mol. The van der Waals surface area contributed by atoms with Crippen LogP contribution in [0, 0.1) is 5.92 Å². The number of halogens is 3. The van der Waals surface area contributed by atoms with Gasteiger partial charge in [0, 0.05) is 5.56 Å². The van der Waals surface area contributed by atoms with Crippen LogP contribution in [-0.2, 0) is 6.54 Å². The fourth-order valence-electron chi connectivity index (χ4n) is 2.17. The zero-order chi connectivity index (χ0) is 18.4. The highest BCUT2D eigenvalue weighted by Crippen LogP contribution is 2.22. The van der Waals surface area contributed by atoms with E-state index >= 15 is 0 Å². The van der Waals surface area contributed by atoms with Gasteiger partial charge in [0.25, 0.3) is 5.91 Å². The van der Waals surface area contributed by atoms with Crippen molar-refractivity contribution in [3.05, 3.63) is 54.0 Å². The number of carbonyl (C=O) groups is 1. The third kappa shape index (κ3) is 6.17. The Labute approximate surface area is 144 Å². The summed E-state index contributed by atoms with van der Waals surface area (Å²) in [5.41, 5.74) is 0.136. The summed E-state index contributed by atoms with van der Waals surface area (Å²) < 4.78 is 49.2. The molecule has 0 aliphatic rings. The molecule has 136 valence electrons. The smallest absolute Gasteiger partial charge is 0.406 e. The highest BCUT2D eigenvalue weighted by atomic mass is 19.4. The molecule has 0 saturated carbocycles. The van der Waals surface area contributed by atoms with Gasteiger partial charge in [-0.2, -0.15) is 13.2 Å². The Morgan fingerprint density at radius 3 is 2.60 bits per heavy atom. The van der Waals surface area contributed by atoms with Crippen molar-refractivity contribution in [2.24, 2.45) is 5.92 Å². The van der Waals surface area contributed by atoms with Gasteiger partial charge in [0.2, 0.25) is 0 Å². The van der Waals surface area contributed by atoms with Crippen LogP contribution in [0.3, 0.4) is 0 Å². The summed E-state index contributed by atoms with van der Waals surface area (Å²) in [5.74, 6) is 0.290. The van der Waals surface area contributed by atoms with Gasteiger partial charge in [-0.25, -0.2) is 0 Å². The van der Waals surface area contributed by atoms with Crippen LogP contribution in [0.5, 0.6) is 5.75 Å². The second kappa shape index (κ2) is 8.09. The summed E-state index contributed by atoms with van der Waals surface area (Å²) >= 11 is 0. The lowest BCUT2D eigenvalue weighted by Crippen LogP contribution is -2.38. The molecular weight excluding hydrogens is 335 g/mol. The molecule has 1 aromatic carbocycles. The molecule has 0 unspecified atom stereocenters. The number of hydrogen-bond acceptors (Lipinski definition) is 3. The minimum Gasteiger partial charge on any atom is -0.493 e. The minimum atomic E-state index is -4.51. The third-order valence-electron chi connectivity index (χ3n) is 3.25. The highest BCUT2D eigenvalue weighted by molar-refractivity contribution is 5.94. The number of alkyl halides is 3. The van der Waals surface area contributed by atoms with Gasteiger partial charge in [-0.05, 0) is 36.2 Å². The van der Waals surface area contributed by atoms with E-state index in [4.69, 9.17) is 9.15 Å². The van der Waals surface area contributed by atoms with Crippen LogP contribution in [0.1, 0.15) is 30.0 Å². The first-order valence-electron chi connectivity index (χ1n) is 7.86. The summed E-state index contributed by atoms with van der Waals surface area (Å²) in [6.45, 7) is 2.79. The normalized spacial score (nSPS) is 11.6. The lowest BCUT2D eigenvalue weighted by Gasteiger charge is -2.23. The Hall–Kier alpha value is -2.44. The predicted octanol–water partition coefficient (Wildman–Crippen LogP) is 4.52. The van der Waals surface area contributed by atoms with E-state index in [2.05, 4.69) is 0 Å². The lowest BCUT2D eigenvalue weighted by molar-refractivity contribution is -0.142. The molecule has 0 aliphatic heterocycles. The Morgan fingerprint density at radius 2 is 2.00 bits per heavy atom. The van der Waals surface area contributed by atoms with E-state index in [0.29, 0.717) is 23.2 Å².